The number of amides is 1. The van der Waals surface area contributed by atoms with Gasteiger partial charge in [0.05, 0.1) is 28.7 Å². The number of hydrogen-bond acceptors (Lipinski definition) is 7. The Labute approximate surface area is 228 Å². The van der Waals surface area contributed by atoms with Crippen LogP contribution in [0.2, 0.25) is 5.02 Å². The van der Waals surface area contributed by atoms with E-state index in [1.807, 2.05) is 42.5 Å². The summed E-state index contributed by atoms with van der Waals surface area (Å²) in [6.45, 7) is -0.491. The van der Waals surface area contributed by atoms with Crippen LogP contribution in [-0.2, 0) is 9.53 Å². The van der Waals surface area contributed by atoms with Crippen molar-refractivity contribution in [3.8, 4) is 11.3 Å². The van der Waals surface area contributed by atoms with E-state index in [2.05, 4.69) is 15.1 Å². The Balaban J connectivity index is 1.26. The number of para-hydroxylation sites is 1. The van der Waals surface area contributed by atoms with E-state index in [4.69, 9.17) is 20.8 Å². The standard InChI is InChI=1S/C30H21ClN4O4/c31-21-9-7-19(8-10-21)26-17-27(28-6-3-15-38-28)35(34-26)29(36)18-39-30(37)23-16-25(20-11-13-32-14-12-20)33-24-5-2-1-4-22(23)24/h1-16,27H,17-18H2. The Bertz CT molecular complexity index is 1690. The van der Waals surface area contributed by atoms with Crippen molar-refractivity contribution >= 4 is 40.1 Å². The second kappa shape index (κ2) is 10.5. The summed E-state index contributed by atoms with van der Waals surface area (Å²) < 4.78 is 11.1. The third-order valence-corrected chi connectivity index (χ3v) is 6.71. The second-order valence-electron chi connectivity index (χ2n) is 8.91. The molecule has 0 saturated carbocycles. The maximum atomic E-state index is 13.3. The van der Waals surface area contributed by atoms with Crippen LogP contribution in [0.1, 0.15) is 34.1 Å². The Hall–Kier alpha value is -4.82. The van der Waals surface area contributed by atoms with Crippen molar-refractivity contribution in [1.29, 1.82) is 0 Å². The van der Waals surface area contributed by atoms with Crippen LogP contribution < -0.4 is 0 Å². The number of carbonyl (C=O) groups excluding carboxylic acids is 2. The van der Waals surface area contributed by atoms with Gasteiger partial charge in [-0.25, -0.2) is 14.8 Å². The first-order valence-corrected chi connectivity index (χ1v) is 12.6. The highest BCUT2D eigenvalue weighted by atomic mass is 35.5. The molecule has 39 heavy (non-hydrogen) atoms. The fourth-order valence-corrected chi connectivity index (χ4v) is 4.67. The first-order chi connectivity index (χ1) is 19.1. The number of esters is 1. The van der Waals surface area contributed by atoms with Crippen LogP contribution in [0.15, 0.2) is 107 Å². The molecular formula is C30H21ClN4O4. The van der Waals surface area contributed by atoms with Gasteiger partial charge in [0.15, 0.2) is 6.61 Å². The minimum absolute atomic E-state index is 0.314. The lowest BCUT2D eigenvalue weighted by Crippen LogP contribution is -2.31. The number of rotatable bonds is 6. The number of pyridine rings is 2. The molecule has 0 bridgehead atoms. The molecule has 0 aliphatic carbocycles. The van der Waals surface area contributed by atoms with Gasteiger partial charge in [0.1, 0.15) is 11.8 Å². The van der Waals surface area contributed by atoms with E-state index >= 15 is 0 Å². The molecule has 0 N–H and O–H groups in total. The molecule has 1 atom stereocenters. The van der Waals surface area contributed by atoms with E-state index in [9.17, 15) is 9.59 Å². The zero-order valence-electron chi connectivity index (χ0n) is 20.5. The van der Waals surface area contributed by atoms with Gasteiger partial charge in [0.25, 0.3) is 5.91 Å². The Kier molecular flexibility index (Phi) is 6.61. The number of halogens is 1. The molecule has 1 amide bonds. The molecule has 5 aromatic rings. The van der Waals surface area contributed by atoms with Gasteiger partial charge in [-0.3, -0.25) is 9.78 Å². The molecule has 1 aliphatic heterocycles. The van der Waals surface area contributed by atoms with Crippen LogP contribution in [0.5, 0.6) is 0 Å². The summed E-state index contributed by atoms with van der Waals surface area (Å²) in [4.78, 5) is 35.3. The minimum Gasteiger partial charge on any atom is -0.467 e. The van der Waals surface area contributed by atoms with Gasteiger partial charge in [-0.15, -0.1) is 0 Å². The van der Waals surface area contributed by atoms with E-state index in [0.29, 0.717) is 45.1 Å². The smallest absolute Gasteiger partial charge is 0.339 e. The lowest BCUT2D eigenvalue weighted by atomic mass is 10.0. The summed E-state index contributed by atoms with van der Waals surface area (Å²) in [7, 11) is 0. The van der Waals surface area contributed by atoms with Crippen LogP contribution in [-0.4, -0.2) is 39.2 Å². The van der Waals surface area contributed by atoms with Gasteiger partial charge < -0.3 is 9.15 Å². The highest BCUT2D eigenvalue weighted by molar-refractivity contribution is 6.30. The molecule has 0 radical (unpaired) electrons. The minimum atomic E-state index is -0.632. The largest absolute Gasteiger partial charge is 0.467 e. The van der Waals surface area contributed by atoms with Gasteiger partial charge in [-0.2, -0.15) is 5.10 Å². The fraction of sp³-hybridized carbons (Fsp3) is 0.100. The SMILES string of the molecule is O=C(OCC(=O)N1N=C(c2ccc(Cl)cc2)CC1c1ccco1)c1cc(-c2ccncc2)nc2ccccc12. The molecule has 192 valence electrons. The highest BCUT2D eigenvalue weighted by Gasteiger charge is 2.35. The molecule has 1 aliphatic rings. The van der Waals surface area contributed by atoms with Crippen LogP contribution in [0.25, 0.3) is 22.2 Å². The number of ether oxygens (including phenoxy) is 1. The number of carbonyl (C=O) groups is 2. The predicted molar refractivity (Wildman–Crippen MR) is 146 cm³/mol. The lowest BCUT2D eigenvalue weighted by Gasteiger charge is -2.19. The summed E-state index contributed by atoms with van der Waals surface area (Å²) in [5.74, 6) is -0.515. The number of furan rings is 1. The van der Waals surface area contributed by atoms with Crippen molar-refractivity contribution in [2.24, 2.45) is 5.10 Å². The molecule has 1 unspecified atom stereocenters. The predicted octanol–water partition coefficient (Wildman–Crippen LogP) is 6.08. The van der Waals surface area contributed by atoms with Crippen molar-refractivity contribution in [3.63, 3.8) is 0 Å². The molecular weight excluding hydrogens is 516 g/mol. The molecule has 2 aromatic carbocycles. The van der Waals surface area contributed by atoms with Crippen LogP contribution in [0, 0.1) is 0 Å². The zero-order valence-corrected chi connectivity index (χ0v) is 21.3. The molecule has 0 spiro atoms. The third-order valence-electron chi connectivity index (χ3n) is 6.45. The van der Waals surface area contributed by atoms with E-state index in [-0.39, 0.29) is 0 Å². The van der Waals surface area contributed by atoms with Gasteiger partial charge in [-0.05, 0) is 54.1 Å². The van der Waals surface area contributed by atoms with Crippen LogP contribution in [0.4, 0.5) is 0 Å². The number of benzene rings is 2. The van der Waals surface area contributed by atoms with E-state index in [0.717, 1.165) is 11.1 Å². The first kappa shape index (κ1) is 24.5. The first-order valence-electron chi connectivity index (χ1n) is 12.2. The molecule has 4 heterocycles. The molecule has 0 saturated heterocycles. The number of fused-ring (bicyclic) bond motifs is 1. The molecule has 3 aromatic heterocycles. The number of hydrogen-bond donors (Lipinski definition) is 0. The molecule has 6 rings (SSSR count). The molecule has 0 fully saturated rings. The summed E-state index contributed by atoms with van der Waals surface area (Å²) >= 11 is 6.04. The van der Waals surface area contributed by atoms with Crippen molar-refractivity contribution < 1.29 is 18.7 Å². The molecule has 8 nitrogen and oxygen atoms in total. The van der Waals surface area contributed by atoms with Gasteiger partial charge in [0.2, 0.25) is 0 Å². The lowest BCUT2D eigenvalue weighted by molar-refractivity contribution is -0.136. The molecule has 9 heteroatoms. The van der Waals surface area contributed by atoms with Gasteiger partial charge in [-0.1, -0.05) is 41.9 Å². The monoisotopic (exact) mass is 536 g/mol. The summed E-state index contributed by atoms with van der Waals surface area (Å²) in [6, 6.07) is 22.9. The Morgan fingerprint density at radius 2 is 1.77 bits per heavy atom. The van der Waals surface area contributed by atoms with Crippen molar-refractivity contribution in [2.75, 3.05) is 6.61 Å². The average Bonchev–Trinajstić information content (AvgIpc) is 3.67. The number of aromatic nitrogens is 2. The highest BCUT2D eigenvalue weighted by Crippen LogP contribution is 2.33. The zero-order chi connectivity index (χ0) is 26.8. The van der Waals surface area contributed by atoms with Crippen molar-refractivity contribution in [1.82, 2.24) is 15.0 Å². The Morgan fingerprint density at radius 3 is 2.54 bits per heavy atom. The van der Waals surface area contributed by atoms with E-state index in [1.54, 1.807) is 55.1 Å². The summed E-state index contributed by atoms with van der Waals surface area (Å²) in [5, 5.41) is 7.13. The number of nitrogens with zero attached hydrogens (tertiary/aromatic N) is 4. The van der Waals surface area contributed by atoms with Gasteiger partial charge >= 0.3 is 5.97 Å². The average molecular weight is 537 g/mol. The van der Waals surface area contributed by atoms with Crippen LogP contribution >= 0.6 is 11.6 Å². The third kappa shape index (κ3) is 5.02. The van der Waals surface area contributed by atoms with E-state index < -0.39 is 24.5 Å². The van der Waals surface area contributed by atoms with E-state index in [1.165, 1.54) is 5.01 Å². The topological polar surface area (TPSA) is 97.9 Å². The van der Waals surface area contributed by atoms with Crippen LogP contribution in [0.3, 0.4) is 0 Å². The maximum absolute atomic E-state index is 13.3. The Morgan fingerprint density at radius 1 is 0.974 bits per heavy atom. The fourth-order valence-electron chi connectivity index (χ4n) is 4.55. The quantitative estimate of drug-likeness (QED) is 0.244. The second-order valence-corrected chi connectivity index (χ2v) is 9.35. The number of hydrazone groups is 1. The van der Waals surface area contributed by atoms with Crippen molar-refractivity contribution in [3.05, 3.63) is 119 Å². The normalized spacial score (nSPS) is 14.8. The summed E-state index contributed by atoms with van der Waals surface area (Å²) in [6.07, 6.45) is 5.31. The van der Waals surface area contributed by atoms with Crippen molar-refractivity contribution in [2.45, 2.75) is 12.5 Å². The maximum Gasteiger partial charge on any atom is 0.339 e. The summed E-state index contributed by atoms with van der Waals surface area (Å²) in [5.41, 5.74) is 3.91. The van der Waals surface area contributed by atoms with Gasteiger partial charge in [0, 0.05) is 34.8 Å².